The number of nitrogens with zero attached hydrogens (tertiary/aromatic N) is 2. The first-order chi connectivity index (χ1) is 11.7. The summed E-state index contributed by atoms with van der Waals surface area (Å²) in [6.07, 6.45) is 5.13. The van der Waals surface area contributed by atoms with E-state index in [1.54, 1.807) is 11.3 Å². The van der Waals surface area contributed by atoms with Crippen LogP contribution in [-0.4, -0.2) is 41.0 Å². The van der Waals surface area contributed by atoms with Crippen LogP contribution in [0.2, 0.25) is 0 Å². The molecule has 0 spiro atoms. The molecule has 0 aliphatic carbocycles. The van der Waals surface area contributed by atoms with Gasteiger partial charge in [-0.3, -0.25) is 9.69 Å². The Morgan fingerprint density at radius 1 is 1.42 bits per heavy atom. The van der Waals surface area contributed by atoms with Crippen LogP contribution in [0.5, 0.6) is 0 Å². The van der Waals surface area contributed by atoms with Crippen LogP contribution in [0.1, 0.15) is 37.1 Å². The van der Waals surface area contributed by atoms with E-state index in [2.05, 4.69) is 15.2 Å². The Labute approximate surface area is 146 Å². The molecular formula is C18H23N3O2S. The van der Waals surface area contributed by atoms with Crippen molar-refractivity contribution in [3.05, 3.63) is 29.0 Å². The van der Waals surface area contributed by atoms with Crippen LogP contribution in [0.4, 0.5) is 0 Å². The van der Waals surface area contributed by atoms with Gasteiger partial charge in [-0.1, -0.05) is 12.5 Å². The van der Waals surface area contributed by atoms with E-state index in [0.29, 0.717) is 24.4 Å². The number of oxazole rings is 1. The molecule has 2 aliphatic heterocycles. The molecule has 0 radical (unpaired) electrons. The van der Waals surface area contributed by atoms with Crippen LogP contribution in [0.3, 0.4) is 0 Å². The lowest BCUT2D eigenvalue weighted by molar-refractivity contribution is -0.121. The standard InChI is InChI=1S/C18H23N3O2S/c1-12-14(20-18(23-12)16-6-4-10-24-16)11-17(22)19-13-7-9-21-8-3-2-5-15(13)21/h4,6,10,13,15H,2-3,5,7-9,11H2,1H3,(H,19,22)/t13-,15-/m0/s1. The number of amides is 1. The molecule has 2 atom stereocenters. The van der Waals surface area contributed by atoms with Gasteiger partial charge in [0.15, 0.2) is 0 Å². The van der Waals surface area contributed by atoms with E-state index >= 15 is 0 Å². The molecule has 4 rings (SSSR count). The molecule has 2 aromatic rings. The highest BCUT2D eigenvalue weighted by atomic mass is 32.1. The van der Waals surface area contributed by atoms with Crippen LogP contribution in [-0.2, 0) is 11.2 Å². The van der Waals surface area contributed by atoms with Gasteiger partial charge in [-0.2, -0.15) is 0 Å². The van der Waals surface area contributed by atoms with Gasteiger partial charge in [0.25, 0.3) is 0 Å². The number of carbonyl (C=O) groups excluding carboxylic acids is 1. The maximum atomic E-state index is 12.5. The second-order valence-corrected chi connectivity index (χ2v) is 7.69. The van der Waals surface area contributed by atoms with E-state index < -0.39 is 0 Å². The van der Waals surface area contributed by atoms with Crippen molar-refractivity contribution in [2.24, 2.45) is 0 Å². The minimum atomic E-state index is 0.0570. The summed E-state index contributed by atoms with van der Waals surface area (Å²) < 4.78 is 5.73. The molecule has 4 heterocycles. The second kappa shape index (κ2) is 6.69. The van der Waals surface area contributed by atoms with Gasteiger partial charge in [0.1, 0.15) is 5.76 Å². The summed E-state index contributed by atoms with van der Waals surface area (Å²) in [4.78, 5) is 20.5. The number of piperidine rings is 1. The third kappa shape index (κ3) is 3.13. The second-order valence-electron chi connectivity index (χ2n) is 6.74. The van der Waals surface area contributed by atoms with E-state index in [4.69, 9.17) is 4.42 Å². The number of carbonyl (C=O) groups is 1. The summed E-state index contributed by atoms with van der Waals surface area (Å²) in [5.41, 5.74) is 0.745. The monoisotopic (exact) mass is 345 g/mol. The number of fused-ring (bicyclic) bond motifs is 1. The lowest BCUT2D eigenvalue weighted by atomic mass is 9.99. The fraction of sp³-hybridized carbons (Fsp3) is 0.556. The summed E-state index contributed by atoms with van der Waals surface area (Å²) in [5, 5.41) is 5.24. The average Bonchev–Trinajstić information content (AvgIpc) is 3.29. The first-order valence-electron chi connectivity index (χ1n) is 8.74. The zero-order chi connectivity index (χ0) is 16.5. The highest BCUT2D eigenvalue weighted by Gasteiger charge is 2.36. The largest absolute Gasteiger partial charge is 0.440 e. The Morgan fingerprint density at radius 3 is 3.17 bits per heavy atom. The molecule has 1 N–H and O–H groups in total. The normalized spacial score (nSPS) is 24.0. The molecule has 0 aromatic carbocycles. The van der Waals surface area contributed by atoms with Gasteiger partial charge in [-0.05, 0) is 44.2 Å². The zero-order valence-electron chi connectivity index (χ0n) is 14.0. The minimum Gasteiger partial charge on any atom is -0.440 e. The van der Waals surface area contributed by atoms with Crippen molar-refractivity contribution < 1.29 is 9.21 Å². The Hall–Kier alpha value is -1.66. The molecule has 1 amide bonds. The number of aromatic nitrogens is 1. The topological polar surface area (TPSA) is 58.4 Å². The van der Waals surface area contributed by atoms with Crippen LogP contribution < -0.4 is 5.32 Å². The number of nitrogens with one attached hydrogen (secondary N) is 1. The maximum Gasteiger partial charge on any atom is 0.236 e. The molecule has 5 nitrogen and oxygen atoms in total. The van der Waals surface area contributed by atoms with E-state index in [1.165, 1.54) is 25.8 Å². The minimum absolute atomic E-state index is 0.0570. The predicted octanol–water partition coefficient (Wildman–Crippen LogP) is 3.00. The maximum absolute atomic E-state index is 12.5. The molecule has 24 heavy (non-hydrogen) atoms. The highest BCUT2D eigenvalue weighted by Crippen LogP contribution is 2.28. The summed E-state index contributed by atoms with van der Waals surface area (Å²) in [5.74, 6) is 1.41. The van der Waals surface area contributed by atoms with Crippen LogP contribution in [0.15, 0.2) is 21.9 Å². The molecule has 2 aromatic heterocycles. The van der Waals surface area contributed by atoms with Gasteiger partial charge in [0.2, 0.25) is 11.8 Å². The predicted molar refractivity (Wildman–Crippen MR) is 94.0 cm³/mol. The van der Waals surface area contributed by atoms with Crippen molar-refractivity contribution in [3.63, 3.8) is 0 Å². The lowest BCUT2D eigenvalue weighted by Gasteiger charge is -2.32. The molecule has 6 heteroatoms. The third-order valence-corrected chi connectivity index (χ3v) is 6.01. The molecule has 128 valence electrons. The van der Waals surface area contributed by atoms with Gasteiger partial charge in [0, 0.05) is 18.6 Å². The highest BCUT2D eigenvalue weighted by molar-refractivity contribution is 7.13. The summed E-state index contributed by atoms with van der Waals surface area (Å²) >= 11 is 1.59. The van der Waals surface area contributed by atoms with Gasteiger partial charge < -0.3 is 9.73 Å². The molecule has 2 fully saturated rings. The first kappa shape index (κ1) is 15.8. The van der Waals surface area contributed by atoms with Crippen LogP contribution in [0.25, 0.3) is 10.8 Å². The summed E-state index contributed by atoms with van der Waals surface area (Å²) in [6.45, 7) is 4.18. The van der Waals surface area contributed by atoms with E-state index in [0.717, 1.165) is 29.3 Å². The zero-order valence-corrected chi connectivity index (χ0v) is 14.8. The molecule has 0 saturated carbocycles. The number of thiophene rings is 1. The Morgan fingerprint density at radius 2 is 2.33 bits per heavy atom. The molecular weight excluding hydrogens is 322 g/mol. The van der Waals surface area contributed by atoms with Gasteiger partial charge in [-0.25, -0.2) is 4.98 Å². The van der Waals surface area contributed by atoms with Crippen molar-refractivity contribution >= 4 is 17.2 Å². The van der Waals surface area contributed by atoms with Crippen molar-refractivity contribution in [1.82, 2.24) is 15.2 Å². The van der Waals surface area contributed by atoms with E-state index in [9.17, 15) is 4.79 Å². The lowest BCUT2D eigenvalue weighted by Crippen LogP contribution is -2.47. The fourth-order valence-electron chi connectivity index (χ4n) is 3.92. The van der Waals surface area contributed by atoms with Crippen molar-refractivity contribution in [2.45, 2.75) is 51.1 Å². The van der Waals surface area contributed by atoms with E-state index in [-0.39, 0.29) is 5.91 Å². The van der Waals surface area contributed by atoms with Crippen molar-refractivity contribution in [1.29, 1.82) is 0 Å². The quantitative estimate of drug-likeness (QED) is 0.925. The Kier molecular flexibility index (Phi) is 4.41. The molecule has 2 aliphatic rings. The third-order valence-electron chi connectivity index (χ3n) is 5.16. The number of hydrogen-bond acceptors (Lipinski definition) is 5. The summed E-state index contributed by atoms with van der Waals surface area (Å²) in [6, 6.07) is 4.78. The Bertz CT molecular complexity index is 710. The summed E-state index contributed by atoms with van der Waals surface area (Å²) in [7, 11) is 0. The number of aryl methyl sites for hydroxylation is 1. The Balaban J connectivity index is 1.40. The van der Waals surface area contributed by atoms with Crippen LogP contribution in [0, 0.1) is 6.92 Å². The van der Waals surface area contributed by atoms with Crippen molar-refractivity contribution in [3.8, 4) is 10.8 Å². The first-order valence-corrected chi connectivity index (χ1v) is 9.62. The van der Waals surface area contributed by atoms with Gasteiger partial charge >= 0.3 is 0 Å². The molecule has 0 unspecified atom stereocenters. The average molecular weight is 345 g/mol. The number of hydrogen-bond donors (Lipinski definition) is 1. The van der Waals surface area contributed by atoms with Crippen LogP contribution >= 0.6 is 11.3 Å². The van der Waals surface area contributed by atoms with Gasteiger partial charge in [-0.15, -0.1) is 11.3 Å². The fourth-order valence-corrected chi connectivity index (χ4v) is 4.57. The van der Waals surface area contributed by atoms with Gasteiger partial charge in [0.05, 0.1) is 17.0 Å². The van der Waals surface area contributed by atoms with Crippen molar-refractivity contribution in [2.75, 3.05) is 13.1 Å². The smallest absolute Gasteiger partial charge is 0.236 e. The SMILES string of the molecule is Cc1oc(-c2cccs2)nc1CC(=O)N[C@H]1CCN2CCCC[C@@H]12. The molecule has 2 saturated heterocycles. The number of rotatable bonds is 4. The van der Waals surface area contributed by atoms with E-state index in [1.807, 2.05) is 24.4 Å². The molecule has 0 bridgehead atoms.